The van der Waals surface area contributed by atoms with Crippen molar-refractivity contribution in [3.8, 4) is 0 Å². The number of allylic oxidation sites excluding steroid dienone is 1. The Bertz CT molecular complexity index is 265. The molecule has 1 aliphatic rings. The maximum Gasteiger partial charge on any atom is 0.379 e. The molecule has 0 atom stereocenters. The van der Waals surface area contributed by atoms with Crippen LogP contribution in [0.15, 0.2) is 11.3 Å². The van der Waals surface area contributed by atoms with Crippen LogP contribution in [0.2, 0.25) is 0 Å². The van der Waals surface area contributed by atoms with Crippen LogP contribution >= 0.6 is 0 Å². The summed E-state index contributed by atoms with van der Waals surface area (Å²) in [6.45, 7) is 1.81. The van der Waals surface area contributed by atoms with E-state index in [1.54, 1.807) is 6.92 Å². The molecule has 0 aromatic heterocycles. The van der Waals surface area contributed by atoms with Crippen molar-refractivity contribution in [2.45, 2.75) is 26.2 Å². The Morgan fingerprint density at radius 1 is 1.46 bits per heavy atom. The molecule has 0 bridgehead atoms. The van der Waals surface area contributed by atoms with Crippen molar-refractivity contribution in [2.24, 2.45) is 0 Å². The van der Waals surface area contributed by atoms with Crippen LogP contribution in [0.3, 0.4) is 0 Å². The van der Waals surface area contributed by atoms with E-state index in [2.05, 4.69) is 4.74 Å². The molecule has 1 rings (SSSR count). The predicted molar refractivity (Wildman–Crippen MR) is 45.1 cm³/mol. The fraction of sp³-hybridized carbons (Fsp3) is 0.556. The zero-order chi connectivity index (χ0) is 9.84. The molecule has 72 valence electrons. The first-order chi connectivity index (χ1) is 6.16. The Morgan fingerprint density at radius 3 is 2.62 bits per heavy atom. The van der Waals surface area contributed by atoms with Gasteiger partial charge in [-0.25, -0.2) is 4.79 Å². The van der Waals surface area contributed by atoms with Gasteiger partial charge in [0.05, 0.1) is 12.4 Å². The van der Waals surface area contributed by atoms with Crippen molar-refractivity contribution in [1.29, 1.82) is 0 Å². The molecule has 0 saturated carbocycles. The molecule has 0 saturated heterocycles. The molecule has 0 aromatic rings. The van der Waals surface area contributed by atoms with E-state index in [0.29, 0.717) is 12.8 Å². The summed E-state index contributed by atoms with van der Waals surface area (Å²) in [5.74, 6) is -1.53. The average Bonchev–Trinajstić information content (AvgIpc) is 2.50. The molecule has 0 aromatic carbocycles. The van der Waals surface area contributed by atoms with Gasteiger partial charge in [-0.2, -0.15) is 0 Å². The Kier molecular flexibility index (Phi) is 3.06. The van der Waals surface area contributed by atoms with Crippen LogP contribution < -0.4 is 0 Å². The van der Waals surface area contributed by atoms with E-state index in [1.165, 1.54) is 0 Å². The van der Waals surface area contributed by atoms with E-state index >= 15 is 0 Å². The summed E-state index contributed by atoms with van der Waals surface area (Å²) >= 11 is 0. The molecule has 0 unspecified atom stereocenters. The van der Waals surface area contributed by atoms with E-state index in [4.69, 9.17) is 0 Å². The van der Waals surface area contributed by atoms with Crippen LogP contribution in [0.4, 0.5) is 0 Å². The first kappa shape index (κ1) is 9.77. The third-order valence-electron chi connectivity index (χ3n) is 1.92. The molecule has 0 radical (unpaired) electrons. The minimum atomic E-state index is -0.869. The molecule has 0 amide bonds. The van der Waals surface area contributed by atoms with Crippen molar-refractivity contribution >= 4 is 11.8 Å². The summed E-state index contributed by atoms with van der Waals surface area (Å²) in [7, 11) is 0. The molecular weight excluding hydrogens is 172 g/mol. The van der Waals surface area contributed by atoms with Crippen molar-refractivity contribution in [2.75, 3.05) is 6.61 Å². The summed E-state index contributed by atoms with van der Waals surface area (Å²) < 4.78 is 4.53. The van der Waals surface area contributed by atoms with Gasteiger partial charge in [0.2, 0.25) is 0 Å². The summed E-state index contributed by atoms with van der Waals surface area (Å²) in [6.07, 6.45) is 1.69. The third-order valence-corrected chi connectivity index (χ3v) is 1.92. The van der Waals surface area contributed by atoms with E-state index in [9.17, 15) is 14.7 Å². The SMILES string of the molecule is CCOC(=O)C(=O)C1=C(O)CCC1. The molecule has 1 N–H and O–H groups in total. The lowest BCUT2D eigenvalue weighted by molar-refractivity contribution is -0.151. The number of aliphatic hydroxyl groups excluding tert-OH is 1. The molecule has 0 aliphatic heterocycles. The van der Waals surface area contributed by atoms with Crippen LogP contribution in [0.5, 0.6) is 0 Å². The highest BCUT2D eigenvalue weighted by Gasteiger charge is 2.26. The zero-order valence-electron chi connectivity index (χ0n) is 7.50. The van der Waals surface area contributed by atoms with Gasteiger partial charge in [-0.1, -0.05) is 0 Å². The van der Waals surface area contributed by atoms with Crippen molar-refractivity contribution < 1.29 is 19.4 Å². The van der Waals surface area contributed by atoms with Crippen LogP contribution in [0, 0.1) is 0 Å². The van der Waals surface area contributed by atoms with Crippen LogP contribution in [0.1, 0.15) is 26.2 Å². The smallest absolute Gasteiger partial charge is 0.379 e. The summed E-state index contributed by atoms with van der Waals surface area (Å²) in [4.78, 5) is 22.2. The minimum Gasteiger partial charge on any atom is -0.512 e. The maximum atomic E-state index is 11.3. The van der Waals surface area contributed by atoms with Crippen molar-refractivity contribution in [1.82, 2.24) is 0 Å². The Balaban J connectivity index is 2.67. The Hall–Kier alpha value is -1.32. The quantitative estimate of drug-likeness (QED) is 0.527. The number of hydrogen-bond donors (Lipinski definition) is 1. The lowest BCUT2D eigenvalue weighted by Gasteiger charge is -2.01. The summed E-state index contributed by atoms with van der Waals surface area (Å²) in [5.41, 5.74) is 0.221. The van der Waals surface area contributed by atoms with Gasteiger partial charge in [-0.15, -0.1) is 0 Å². The second-order valence-electron chi connectivity index (χ2n) is 2.83. The monoisotopic (exact) mass is 184 g/mol. The Morgan fingerprint density at radius 2 is 2.15 bits per heavy atom. The molecule has 0 spiro atoms. The van der Waals surface area contributed by atoms with E-state index in [1.807, 2.05) is 0 Å². The minimum absolute atomic E-state index is 0.0399. The van der Waals surface area contributed by atoms with E-state index in [0.717, 1.165) is 6.42 Å². The highest BCUT2D eigenvalue weighted by Crippen LogP contribution is 2.24. The number of rotatable bonds is 3. The van der Waals surface area contributed by atoms with E-state index in [-0.39, 0.29) is 17.9 Å². The topological polar surface area (TPSA) is 63.6 Å². The van der Waals surface area contributed by atoms with Crippen LogP contribution in [-0.2, 0) is 14.3 Å². The number of esters is 1. The molecule has 1 aliphatic carbocycles. The van der Waals surface area contributed by atoms with Gasteiger partial charge < -0.3 is 9.84 Å². The van der Waals surface area contributed by atoms with Gasteiger partial charge in [0.1, 0.15) is 0 Å². The molecule has 0 fully saturated rings. The van der Waals surface area contributed by atoms with Crippen molar-refractivity contribution in [3.05, 3.63) is 11.3 Å². The zero-order valence-corrected chi connectivity index (χ0v) is 7.50. The number of ether oxygens (including phenoxy) is 1. The normalized spacial score (nSPS) is 16.1. The van der Waals surface area contributed by atoms with Gasteiger partial charge in [-0.05, 0) is 19.8 Å². The lowest BCUT2D eigenvalue weighted by Crippen LogP contribution is -2.19. The fourth-order valence-electron chi connectivity index (χ4n) is 1.29. The summed E-state index contributed by atoms with van der Waals surface area (Å²) in [6, 6.07) is 0. The second kappa shape index (κ2) is 4.07. The number of carbonyl (C=O) groups is 2. The number of carbonyl (C=O) groups excluding carboxylic acids is 2. The van der Waals surface area contributed by atoms with Gasteiger partial charge in [0, 0.05) is 12.0 Å². The molecule has 0 heterocycles. The number of aliphatic hydroxyl groups is 1. The summed E-state index contributed by atoms with van der Waals surface area (Å²) in [5, 5.41) is 9.23. The fourth-order valence-corrected chi connectivity index (χ4v) is 1.29. The molecular formula is C9H12O4. The highest BCUT2D eigenvalue weighted by molar-refractivity contribution is 6.40. The molecule has 4 nitrogen and oxygen atoms in total. The first-order valence-corrected chi connectivity index (χ1v) is 4.29. The number of Topliss-reactive ketones (excluding diaryl/α,β-unsaturated/α-hetero) is 1. The first-order valence-electron chi connectivity index (χ1n) is 4.29. The second-order valence-corrected chi connectivity index (χ2v) is 2.83. The lowest BCUT2D eigenvalue weighted by atomic mass is 10.1. The van der Waals surface area contributed by atoms with Gasteiger partial charge in [0.25, 0.3) is 5.78 Å². The Labute approximate surface area is 76.2 Å². The van der Waals surface area contributed by atoms with Crippen LogP contribution in [0.25, 0.3) is 0 Å². The largest absolute Gasteiger partial charge is 0.512 e. The van der Waals surface area contributed by atoms with Gasteiger partial charge in [-0.3, -0.25) is 4.79 Å². The van der Waals surface area contributed by atoms with Crippen molar-refractivity contribution in [3.63, 3.8) is 0 Å². The average molecular weight is 184 g/mol. The third kappa shape index (κ3) is 2.08. The number of ketones is 1. The molecule has 13 heavy (non-hydrogen) atoms. The van der Waals surface area contributed by atoms with E-state index < -0.39 is 11.8 Å². The van der Waals surface area contributed by atoms with Gasteiger partial charge >= 0.3 is 5.97 Å². The van der Waals surface area contributed by atoms with Crippen LogP contribution in [-0.4, -0.2) is 23.5 Å². The number of hydrogen-bond acceptors (Lipinski definition) is 4. The maximum absolute atomic E-state index is 11.3. The standard InChI is InChI=1S/C9H12O4/c1-2-13-9(12)8(11)6-4-3-5-7(6)10/h10H,2-5H2,1H3. The molecule has 4 heteroatoms. The highest BCUT2D eigenvalue weighted by atomic mass is 16.5. The predicted octanol–water partition coefficient (Wildman–Crippen LogP) is 1.11. The van der Waals surface area contributed by atoms with Gasteiger partial charge in [0.15, 0.2) is 0 Å².